The van der Waals surface area contributed by atoms with Crippen molar-refractivity contribution in [2.45, 2.75) is 96.8 Å². The first-order valence-electron chi connectivity index (χ1n) is 16.5. The number of hydrogen-bond donors (Lipinski definition) is 2. The van der Waals surface area contributed by atoms with Gasteiger partial charge in [0.1, 0.15) is 18.5 Å². The summed E-state index contributed by atoms with van der Waals surface area (Å²) in [4.78, 5) is 26.9. The molecule has 3 aliphatic rings. The van der Waals surface area contributed by atoms with Crippen molar-refractivity contribution in [3.63, 3.8) is 0 Å². The van der Waals surface area contributed by atoms with Crippen LogP contribution in [0, 0.1) is 20.8 Å². The standard InChI is InChI=1S/C36H41N7O4/c1-20-6-8-22(3)24(14-20)17-42-16-23(26-15-21(2)7-11-27(26)42)12-13-37-32-28-33(39-18-38-32)43(19-40-28)35-31-29(46-36(4,5)47-31)30(45-35)34(44)41-25-9-10-25/h6-8,11,14-16,18-19,25,29-31,35H,9-10,12-13,17H2,1-5H3,(H,41,44)(H,37,38,39)/t29-,30+,31-,35-/m1/s1. The predicted molar refractivity (Wildman–Crippen MR) is 178 cm³/mol. The molecule has 2 N–H and O–H groups in total. The summed E-state index contributed by atoms with van der Waals surface area (Å²) in [6, 6.07) is 13.5. The summed E-state index contributed by atoms with van der Waals surface area (Å²) in [5.41, 5.74) is 8.88. The van der Waals surface area contributed by atoms with E-state index in [-0.39, 0.29) is 11.9 Å². The third-order valence-electron chi connectivity index (χ3n) is 9.50. The quantitative estimate of drug-likeness (QED) is 0.230. The van der Waals surface area contributed by atoms with Crippen molar-refractivity contribution in [2.24, 2.45) is 0 Å². The average molecular weight is 636 g/mol. The second kappa shape index (κ2) is 11.4. The van der Waals surface area contributed by atoms with E-state index in [4.69, 9.17) is 14.2 Å². The van der Waals surface area contributed by atoms with E-state index in [0.29, 0.717) is 23.5 Å². The van der Waals surface area contributed by atoms with Gasteiger partial charge in [-0.05, 0) is 82.7 Å². The molecule has 3 fully saturated rings. The average Bonchev–Trinajstić information content (AvgIpc) is 3.33. The smallest absolute Gasteiger partial charge is 0.252 e. The lowest BCUT2D eigenvalue weighted by Gasteiger charge is -2.24. The zero-order valence-electron chi connectivity index (χ0n) is 27.5. The fourth-order valence-corrected chi connectivity index (χ4v) is 6.97. The summed E-state index contributed by atoms with van der Waals surface area (Å²) < 4.78 is 22.9. The zero-order chi connectivity index (χ0) is 32.4. The molecular weight excluding hydrogens is 594 g/mol. The topological polar surface area (TPSA) is 117 Å². The molecule has 0 unspecified atom stereocenters. The molecule has 11 nitrogen and oxygen atoms in total. The molecule has 2 aliphatic heterocycles. The molecular formula is C36H41N7O4. The molecule has 1 saturated carbocycles. The Bertz CT molecular complexity index is 1990. The van der Waals surface area contributed by atoms with Crippen LogP contribution in [0.3, 0.4) is 0 Å². The highest BCUT2D eigenvalue weighted by atomic mass is 16.8. The Morgan fingerprint density at radius 1 is 0.979 bits per heavy atom. The molecule has 11 heteroatoms. The number of carbonyl (C=O) groups excluding carboxylic acids is 1. The molecule has 8 rings (SSSR count). The summed E-state index contributed by atoms with van der Waals surface area (Å²) in [5.74, 6) is -0.363. The van der Waals surface area contributed by atoms with Crippen LogP contribution < -0.4 is 10.6 Å². The number of nitrogens with one attached hydrogen (secondary N) is 2. The van der Waals surface area contributed by atoms with E-state index in [0.717, 1.165) is 25.8 Å². The highest BCUT2D eigenvalue weighted by Gasteiger charge is 2.58. The van der Waals surface area contributed by atoms with Gasteiger partial charge in [-0.3, -0.25) is 9.36 Å². The largest absolute Gasteiger partial charge is 0.368 e. The molecule has 2 aromatic carbocycles. The van der Waals surface area contributed by atoms with Crippen molar-refractivity contribution in [2.75, 3.05) is 11.9 Å². The number of ether oxygens (including phenoxy) is 3. The summed E-state index contributed by atoms with van der Waals surface area (Å²) in [6.45, 7) is 11.7. The Kier molecular flexibility index (Phi) is 7.31. The van der Waals surface area contributed by atoms with Gasteiger partial charge in [0.2, 0.25) is 0 Å². The van der Waals surface area contributed by atoms with Gasteiger partial charge in [-0.15, -0.1) is 0 Å². The van der Waals surface area contributed by atoms with Gasteiger partial charge in [0, 0.05) is 36.2 Å². The van der Waals surface area contributed by atoms with Crippen molar-refractivity contribution in [1.29, 1.82) is 0 Å². The van der Waals surface area contributed by atoms with Crippen LogP contribution in [0.1, 0.15) is 60.7 Å². The third kappa shape index (κ3) is 5.66. The zero-order valence-corrected chi connectivity index (χ0v) is 27.5. The second-order valence-corrected chi connectivity index (χ2v) is 13.8. The number of aromatic nitrogens is 5. The number of fused-ring (bicyclic) bond motifs is 3. The number of aryl methyl sites for hydroxylation is 3. The van der Waals surface area contributed by atoms with Gasteiger partial charge in [-0.1, -0.05) is 35.4 Å². The number of anilines is 1. The van der Waals surface area contributed by atoms with Crippen LogP contribution in [-0.2, 0) is 32.0 Å². The van der Waals surface area contributed by atoms with Gasteiger partial charge < -0.3 is 29.4 Å². The molecule has 47 heavy (non-hydrogen) atoms. The van der Waals surface area contributed by atoms with E-state index < -0.39 is 30.3 Å². The number of rotatable bonds is 9. The van der Waals surface area contributed by atoms with Gasteiger partial charge in [-0.2, -0.15) is 0 Å². The van der Waals surface area contributed by atoms with Crippen LogP contribution in [0.4, 0.5) is 5.82 Å². The van der Waals surface area contributed by atoms with Crippen LogP contribution >= 0.6 is 0 Å². The summed E-state index contributed by atoms with van der Waals surface area (Å²) in [7, 11) is 0. The van der Waals surface area contributed by atoms with Crippen molar-refractivity contribution in [3.05, 3.63) is 83.1 Å². The van der Waals surface area contributed by atoms with Gasteiger partial charge in [0.25, 0.3) is 5.91 Å². The minimum atomic E-state index is -0.839. The number of amides is 1. The first-order valence-corrected chi connectivity index (χ1v) is 16.5. The molecule has 0 radical (unpaired) electrons. The van der Waals surface area contributed by atoms with Gasteiger partial charge in [0.15, 0.2) is 35.1 Å². The van der Waals surface area contributed by atoms with Crippen LogP contribution in [-0.4, -0.2) is 66.7 Å². The Labute approximate surface area is 273 Å². The fourth-order valence-electron chi connectivity index (χ4n) is 6.97. The summed E-state index contributed by atoms with van der Waals surface area (Å²) in [6.07, 6.45) is 5.85. The van der Waals surface area contributed by atoms with E-state index in [1.807, 2.05) is 18.4 Å². The number of nitrogens with zero attached hydrogens (tertiary/aromatic N) is 5. The van der Waals surface area contributed by atoms with Gasteiger partial charge in [-0.25, -0.2) is 15.0 Å². The lowest BCUT2D eigenvalue weighted by molar-refractivity contribution is -0.197. The molecule has 0 bridgehead atoms. The Hall–Kier alpha value is -4.32. The van der Waals surface area contributed by atoms with E-state index in [2.05, 4.69) is 93.5 Å². The number of carbonyl (C=O) groups is 1. The molecule has 5 aromatic rings. The minimum Gasteiger partial charge on any atom is -0.368 e. The number of imidazole rings is 1. The third-order valence-corrected chi connectivity index (χ3v) is 9.50. The SMILES string of the molecule is Cc1ccc(C)c(Cn2cc(CCNc3ncnc4c3ncn4[C@@H]3O[C@H](C(=O)NC4CC4)[C@H]4OC(C)(C)O[C@H]43)c3cc(C)ccc32)c1. The Morgan fingerprint density at radius 2 is 1.77 bits per heavy atom. The monoisotopic (exact) mass is 635 g/mol. The van der Waals surface area contributed by atoms with Crippen LogP contribution in [0.2, 0.25) is 0 Å². The first-order chi connectivity index (χ1) is 22.6. The molecule has 4 atom stereocenters. The highest BCUT2D eigenvalue weighted by Crippen LogP contribution is 2.44. The van der Waals surface area contributed by atoms with Crippen molar-refractivity contribution in [3.8, 4) is 0 Å². The van der Waals surface area contributed by atoms with Crippen LogP contribution in [0.5, 0.6) is 0 Å². The molecule has 0 spiro atoms. The van der Waals surface area contributed by atoms with Crippen LogP contribution in [0.15, 0.2) is 55.2 Å². The lowest BCUT2D eigenvalue weighted by Crippen LogP contribution is -2.43. The Morgan fingerprint density at radius 3 is 2.60 bits per heavy atom. The fraction of sp³-hybridized carbons (Fsp3) is 0.444. The number of hydrogen-bond acceptors (Lipinski definition) is 8. The molecule has 2 saturated heterocycles. The van der Waals surface area contributed by atoms with Crippen molar-refractivity contribution in [1.82, 2.24) is 29.4 Å². The summed E-state index contributed by atoms with van der Waals surface area (Å²) >= 11 is 0. The molecule has 244 valence electrons. The maximum absolute atomic E-state index is 13.1. The predicted octanol–water partition coefficient (Wildman–Crippen LogP) is 5.11. The van der Waals surface area contributed by atoms with E-state index in [1.165, 1.54) is 45.0 Å². The second-order valence-electron chi connectivity index (χ2n) is 13.8. The first kappa shape index (κ1) is 30.0. The maximum atomic E-state index is 13.1. The van der Waals surface area contributed by atoms with Gasteiger partial charge in [0.05, 0.1) is 6.33 Å². The maximum Gasteiger partial charge on any atom is 0.252 e. The van der Waals surface area contributed by atoms with Crippen molar-refractivity contribution < 1.29 is 19.0 Å². The van der Waals surface area contributed by atoms with Crippen molar-refractivity contribution >= 4 is 33.8 Å². The molecule has 3 aromatic heterocycles. The van der Waals surface area contributed by atoms with E-state index in [9.17, 15) is 4.79 Å². The molecule has 1 aliphatic carbocycles. The molecule has 1 amide bonds. The van der Waals surface area contributed by atoms with E-state index >= 15 is 0 Å². The normalized spacial score (nSPS) is 23.4. The summed E-state index contributed by atoms with van der Waals surface area (Å²) in [5, 5.41) is 7.84. The number of benzene rings is 2. The Balaban J connectivity index is 1.02. The molecule has 5 heterocycles. The van der Waals surface area contributed by atoms with E-state index in [1.54, 1.807) is 6.33 Å². The lowest BCUT2D eigenvalue weighted by atomic mass is 10.1. The van der Waals surface area contributed by atoms with Gasteiger partial charge >= 0.3 is 0 Å². The highest BCUT2D eigenvalue weighted by molar-refractivity contribution is 5.86. The van der Waals surface area contributed by atoms with Crippen LogP contribution in [0.25, 0.3) is 22.1 Å². The minimum absolute atomic E-state index is 0.168.